The van der Waals surface area contributed by atoms with Gasteiger partial charge in [-0.3, -0.25) is 15.1 Å². The van der Waals surface area contributed by atoms with Crippen LogP contribution in [0.4, 0.5) is 4.79 Å². The van der Waals surface area contributed by atoms with Crippen molar-refractivity contribution in [3.8, 4) is 0 Å². The van der Waals surface area contributed by atoms with Gasteiger partial charge in [-0.15, -0.1) is 0 Å². The van der Waals surface area contributed by atoms with Crippen molar-refractivity contribution in [3.63, 3.8) is 0 Å². The lowest BCUT2D eigenvalue weighted by Gasteiger charge is -2.35. The Morgan fingerprint density at radius 3 is 2.79 bits per heavy atom. The van der Waals surface area contributed by atoms with Crippen LogP contribution >= 0.6 is 0 Å². The lowest BCUT2D eigenvalue weighted by atomic mass is 10.1. The second kappa shape index (κ2) is 5.29. The lowest BCUT2D eigenvalue weighted by molar-refractivity contribution is -0.126. The van der Waals surface area contributed by atoms with Gasteiger partial charge >= 0.3 is 6.03 Å². The molecule has 19 heavy (non-hydrogen) atoms. The Balaban J connectivity index is 2.31. The number of likely N-dealkylation sites (N-methyl/N-ethyl adjacent to an activating group) is 1. The number of hydrogen-bond acceptors (Lipinski definition) is 3. The molecule has 2 heterocycles. The SMILES string of the molecule is C/C=C/CN1C(=NCC)NC2C1C(=O)NC(=O)N2C. The van der Waals surface area contributed by atoms with Crippen LogP contribution in [0.1, 0.15) is 13.8 Å². The maximum Gasteiger partial charge on any atom is 0.325 e. The van der Waals surface area contributed by atoms with Crippen LogP contribution in [0.2, 0.25) is 0 Å². The van der Waals surface area contributed by atoms with Gasteiger partial charge in [-0.2, -0.15) is 0 Å². The summed E-state index contributed by atoms with van der Waals surface area (Å²) < 4.78 is 0. The molecule has 0 spiro atoms. The van der Waals surface area contributed by atoms with Crippen molar-refractivity contribution in [2.75, 3.05) is 20.1 Å². The number of carbonyl (C=O) groups excluding carboxylic acids is 2. The fourth-order valence-corrected chi connectivity index (χ4v) is 2.29. The number of guanidine groups is 1. The molecule has 2 atom stereocenters. The summed E-state index contributed by atoms with van der Waals surface area (Å²) in [7, 11) is 1.66. The minimum atomic E-state index is -0.441. The van der Waals surface area contributed by atoms with Crippen LogP contribution in [-0.2, 0) is 4.79 Å². The first-order chi connectivity index (χ1) is 9.10. The van der Waals surface area contributed by atoms with Crippen molar-refractivity contribution in [2.45, 2.75) is 26.1 Å². The van der Waals surface area contributed by atoms with Crippen molar-refractivity contribution in [3.05, 3.63) is 12.2 Å². The third-order valence-electron chi connectivity index (χ3n) is 3.27. The average molecular weight is 265 g/mol. The number of hydrogen-bond donors (Lipinski definition) is 2. The number of aliphatic imine (C=N–C) groups is 1. The van der Waals surface area contributed by atoms with E-state index >= 15 is 0 Å². The Morgan fingerprint density at radius 2 is 2.16 bits per heavy atom. The van der Waals surface area contributed by atoms with E-state index in [1.807, 2.05) is 30.9 Å². The van der Waals surface area contributed by atoms with E-state index in [-0.39, 0.29) is 18.1 Å². The van der Waals surface area contributed by atoms with Gasteiger partial charge in [0, 0.05) is 20.1 Å². The molecule has 2 rings (SSSR count). The zero-order chi connectivity index (χ0) is 14.0. The molecular weight excluding hydrogens is 246 g/mol. The molecule has 0 aromatic heterocycles. The van der Waals surface area contributed by atoms with Gasteiger partial charge in [0.1, 0.15) is 6.17 Å². The molecule has 2 unspecified atom stereocenters. The second-order valence-corrected chi connectivity index (χ2v) is 4.46. The van der Waals surface area contributed by atoms with E-state index in [9.17, 15) is 9.59 Å². The molecule has 7 heteroatoms. The summed E-state index contributed by atoms with van der Waals surface area (Å²) in [6.07, 6.45) is 3.52. The molecule has 7 nitrogen and oxygen atoms in total. The highest BCUT2D eigenvalue weighted by Crippen LogP contribution is 2.20. The fraction of sp³-hybridized carbons (Fsp3) is 0.583. The van der Waals surface area contributed by atoms with Crippen LogP contribution in [0.3, 0.4) is 0 Å². The van der Waals surface area contributed by atoms with Crippen LogP contribution in [0.15, 0.2) is 17.1 Å². The Morgan fingerprint density at radius 1 is 1.42 bits per heavy atom. The minimum Gasteiger partial charge on any atom is -0.333 e. The topological polar surface area (TPSA) is 77.0 Å². The van der Waals surface area contributed by atoms with Crippen LogP contribution in [-0.4, -0.2) is 60.0 Å². The number of amides is 3. The zero-order valence-corrected chi connectivity index (χ0v) is 11.4. The number of fused-ring (bicyclic) bond motifs is 1. The smallest absolute Gasteiger partial charge is 0.325 e. The van der Waals surface area contributed by atoms with Gasteiger partial charge in [0.2, 0.25) is 0 Å². The molecule has 0 bridgehead atoms. The highest BCUT2D eigenvalue weighted by molar-refractivity contribution is 6.04. The molecule has 0 radical (unpaired) electrons. The third-order valence-corrected chi connectivity index (χ3v) is 3.27. The monoisotopic (exact) mass is 265 g/mol. The molecule has 104 valence electrons. The standard InChI is InChI=1S/C12H19N5O2/c1-4-6-7-17-8-9(14-11(17)13-5-2)16(3)12(19)15-10(8)18/h4,6,8-9H,5,7H2,1-3H3,(H,13,14)(H,15,18,19)/b6-4+. The Bertz CT molecular complexity index is 445. The van der Waals surface area contributed by atoms with E-state index in [2.05, 4.69) is 15.6 Å². The Labute approximate surface area is 112 Å². The van der Waals surface area contributed by atoms with E-state index in [1.165, 1.54) is 4.90 Å². The van der Waals surface area contributed by atoms with Crippen LogP contribution in [0, 0.1) is 0 Å². The summed E-state index contributed by atoms with van der Waals surface area (Å²) in [5.74, 6) is 0.374. The van der Waals surface area contributed by atoms with Gasteiger partial charge in [0.05, 0.1) is 0 Å². The van der Waals surface area contributed by atoms with Gasteiger partial charge in [0.25, 0.3) is 5.91 Å². The molecule has 2 N–H and O–H groups in total. The summed E-state index contributed by atoms with van der Waals surface area (Å²) in [6.45, 7) is 5.06. The van der Waals surface area contributed by atoms with Crippen molar-refractivity contribution in [1.82, 2.24) is 20.4 Å². The van der Waals surface area contributed by atoms with E-state index < -0.39 is 6.04 Å². The van der Waals surface area contributed by atoms with Crippen molar-refractivity contribution in [2.24, 2.45) is 4.99 Å². The summed E-state index contributed by atoms with van der Waals surface area (Å²) in [5.41, 5.74) is 0. The molecule has 2 aliphatic rings. The quantitative estimate of drug-likeness (QED) is 0.688. The van der Waals surface area contributed by atoms with Gasteiger partial charge < -0.3 is 15.1 Å². The molecule has 0 aliphatic carbocycles. The molecule has 0 aromatic carbocycles. The number of nitrogens with zero attached hydrogens (tertiary/aromatic N) is 3. The highest BCUT2D eigenvalue weighted by Gasteiger charge is 2.49. The van der Waals surface area contributed by atoms with E-state index in [0.717, 1.165) is 0 Å². The van der Waals surface area contributed by atoms with Crippen molar-refractivity contribution < 1.29 is 9.59 Å². The fourth-order valence-electron chi connectivity index (χ4n) is 2.29. The minimum absolute atomic E-state index is 0.286. The van der Waals surface area contributed by atoms with Crippen molar-refractivity contribution >= 4 is 17.9 Å². The Hall–Kier alpha value is -2.05. The maximum absolute atomic E-state index is 12.0. The molecule has 0 aromatic rings. The number of nitrogens with one attached hydrogen (secondary N) is 2. The van der Waals surface area contributed by atoms with Gasteiger partial charge in [-0.05, 0) is 13.8 Å². The number of rotatable bonds is 3. The summed E-state index contributed by atoms with van der Waals surface area (Å²) >= 11 is 0. The first-order valence-electron chi connectivity index (χ1n) is 6.36. The van der Waals surface area contributed by atoms with Gasteiger partial charge in [0.15, 0.2) is 12.0 Å². The maximum atomic E-state index is 12.0. The summed E-state index contributed by atoms with van der Waals surface area (Å²) in [5, 5.41) is 5.51. The first kappa shape index (κ1) is 13.4. The predicted molar refractivity (Wildman–Crippen MR) is 71.5 cm³/mol. The van der Waals surface area contributed by atoms with E-state index in [0.29, 0.717) is 19.0 Å². The van der Waals surface area contributed by atoms with E-state index in [4.69, 9.17) is 0 Å². The summed E-state index contributed by atoms with van der Waals surface area (Å²) in [4.78, 5) is 31.4. The molecule has 2 saturated heterocycles. The van der Waals surface area contributed by atoms with Crippen LogP contribution in [0.5, 0.6) is 0 Å². The molecule has 0 saturated carbocycles. The van der Waals surface area contributed by atoms with Gasteiger partial charge in [-0.1, -0.05) is 12.2 Å². The first-order valence-corrected chi connectivity index (χ1v) is 6.36. The van der Waals surface area contributed by atoms with Crippen LogP contribution < -0.4 is 10.6 Å². The normalized spacial score (nSPS) is 28.9. The van der Waals surface area contributed by atoms with E-state index in [1.54, 1.807) is 7.05 Å². The molecule has 2 aliphatic heterocycles. The number of imide groups is 1. The number of carbonyl (C=O) groups is 2. The zero-order valence-electron chi connectivity index (χ0n) is 11.4. The second-order valence-electron chi connectivity index (χ2n) is 4.46. The third kappa shape index (κ3) is 2.27. The number of urea groups is 1. The Kier molecular flexibility index (Phi) is 3.73. The summed E-state index contributed by atoms with van der Waals surface area (Å²) in [6, 6.07) is -0.827. The van der Waals surface area contributed by atoms with Crippen molar-refractivity contribution in [1.29, 1.82) is 0 Å². The highest BCUT2D eigenvalue weighted by atomic mass is 16.2. The van der Waals surface area contributed by atoms with Crippen LogP contribution in [0.25, 0.3) is 0 Å². The average Bonchev–Trinajstić information content (AvgIpc) is 2.73. The lowest BCUT2D eigenvalue weighted by Crippen LogP contribution is -2.64. The molecule has 3 amide bonds. The predicted octanol–water partition coefficient (Wildman–Crippen LogP) is -0.280. The number of allylic oxidation sites excluding steroid dienone is 1. The largest absolute Gasteiger partial charge is 0.333 e. The molecular formula is C12H19N5O2. The molecule has 2 fully saturated rings. The van der Waals surface area contributed by atoms with Gasteiger partial charge in [-0.25, -0.2) is 4.79 Å².